The van der Waals surface area contributed by atoms with Crippen LogP contribution >= 0.6 is 11.8 Å². The van der Waals surface area contributed by atoms with Gasteiger partial charge in [-0.2, -0.15) is 11.8 Å². The molecule has 0 aromatic heterocycles. The Labute approximate surface area is 125 Å². The first-order valence-corrected chi connectivity index (χ1v) is 8.72. The summed E-state index contributed by atoms with van der Waals surface area (Å²) in [4.78, 5) is 2.47. The van der Waals surface area contributed by atoms with Crippen molar-refractivity contribution >= 4 is 23.1 Å². The van der Waals surface area contributed by atoms with Crippen molar-refractivity contribution in [3.63, 3.8) is 0 Å². The van der Waals surface area contributed by atoms with E-state index in [9.17, 15) is 0 Å². The summed E-state index contributed by atoms with van der Waals surface area (Å²) in [7, 11) is 0. The van der Waals surface area contributed by atoms with Crippen LogP contribution in [0.15, 0.2) is 24.3 Å². The lowest BCUT2D eigenvalue weighted by atomic mass is 9.88. The molecule has 2 unspecified atom stereocenters. The van der Waals surface area contributed by atoms with Crippen LogP contribution in [0.1, 0.15) is 26.2 Å². The second kappa shape index (κ2) is 5.86. The molecule has 1 aromatic carbocycles. The summed E-state index contributed by atoms with van der Waals surface area (Å²) in [6, 6.07) is 8.78. The Balaban J connectivity index is 1.81. The van der Waals surface area contributed by atoms with Gasteiger partial charge in [-0.3, -0.25) is 0 Å². The van der Waals surface area contributed by atoms with Crippen LogP contribution in [0.2, 0.25) is 0 Å². The van der Waals surface area contributed by atoms with Gasteiger partial charge in [0.05, 0.1) is 17.0 Å². The second-order valence-corrected chi connectivity index (χ2v) is 6.93. The minimum absolute atomic E-state index is 0.130. The van der Waals surface area contributed by atoms with Crippen molar-refractivity contribution in [3.05, 3.63) is 24.3 Å². The molecule has 2 saturated heterocycles. The zero-order valence-corrected chi connectivity index (χ0v) is 13.0. The van der Waals surface area contributed by atoms with Gasteiger partial charge in [0.15, 0.2) is 0 Å². The molecule has 2 atom stereocenters. The Bertz CT molecular complexity index is 460. The summed E-state index contributed by atoms with van der Waals surface area (Å²) in [5.41, 5.74) is 8.37. The number of hydrogen-bond donors (Lipinski definition) is 1. The Kier molecular flexibility index (Phi) is 4.13. The topological polar surface area (TPSA) is 38.5 Å². The molecule has 3 rings (SSSR count). The van der Waals surface area contributed by atoms with Gasteiger partial charge in [-0.25, -0.2) is 0 Å². The normalized spacial score (nSPS) is 29.8. The van der Waals surface area contributed by atoms with Crippen LogP contribution in [0.25, 0.3) is 0 Å². The molecule has 2 aliphatic heterocycles. The predicted octanol–water partition coefficient (Wildman–Crippen LogP) is 3.15. The monoisotopic (exact) mass is 292 g/mol. The highest BCUT2D eigenvalue weighted by Crippen LogP contribution is 2.40. The number of nitrogens with zero attached hydrogens (tertiary/aromatic N) is 1. The molecule has 0 saturated carbocycles. The summed E-state index contributed by atoms with van der Waals surface area (Å²) < 4.78 is 6.14. The number of para-hydroxylation sites is 2. The molecule has 110 valence electrons. The molecule has 20 heavy (non-hydrogen) atoms. The number of anilines is 2. The maximum atomic E-state index is 6.17. The molecule has 0 bridgehead atoms. The first-order valence-electron chi connectivity index (χ1n) is 7.57. The Morgan fingerprint density at radius 2 is 2.30 bits per heavy atom. The standard InChI is InChI=1S/C16H24N2OS/c1-2-18(15-6-4-3-5-14(15)17)13-7-9-19-16(11-13)8-10-20-12-16/h3-6,13H,2,7-12,17H2,1H3. The summed E-state index contributed by atoms with van der Waals surface area (Å²) in [6.07, 6.45) is 3.45. The quantitative estimate of drug-likeness (QED) is 0.869. The van der Waals surface area contributed by atoms with Crippen molar-refractivity contribution in [2.75, 3.05) is 35.3 Å². The minimum Gasteiger partial charge on any atom is -0.397 e. The molecule has 1 aromatic rings. The number of benzene rings is 1. The molecule has 0 radical (unpaired) electrons. The summed E-state index contributed by atoms with van der Waals surface area (Å²) >= 11 is 2.03. The van der Waals surface area contributed by atoms with E-state index in [-0.39, 0.29) is 5.60 Å². The summed E-state index contributed by atoms with van der Waals surface area (Å²) in [5, 5.41) is 0. The highest BCUT2D eigenvalue weighted by atomic mass is 32.2. The van der Waals surface area contributed by atoms with E-state index in [1.165, 1.54) is 17.9 Å². The van der Waals surface area contributed by atoms with Crippen molar-refractivity contribution in [2.45, 2.75) is 37.8 Å². The van der Waals surface area contributed by atoms with E-state index in [2.05, 4.69) is 24.0 Å². The van der Waals surface area contributed by atoms with E-state index in [0.29, 0.717) is 6.04 Å². The molecule has 1 spiro atoms. The highest BCUT2D eigenvalue weighted by Gasteiger charge is 2.42. The van der Waals surface area contributed by atoms with E-state index < -0.39 is 0 Å². The molecule has 0 aliphatic carbocycles. The fourth-order valence-corrected chi connectivity index (χ4v) is 4.88. The lowest BCUT2D eigenvalue weighted by Crippen LogP contribution is -2.49. The largest absolute Gasteiger partial charge is 0.397 e. The van der Waals surface area contributed by atoms with Crippen molar-refractivity contribution in [1.29, 1.82) is 0 Å². The number of hydrogen-bond acceptors (Lipinski definition) is 4. The molecule has 0 amide bonds. The smallest absolute Gasteiger partial charge is 0.0799 e. The van der Waals surface area contributed by atoms with Crippen LogP contribution < -0.4 is 10.6 Å². The van der Waals surface area contributed by atoms with E-state index >= 15 is 0 Å². The molecule has 2 aliphatic rings. The Morgan fingerprint density at radius 1 is 1.45 bits per heavy atom. The maximum absolute atomic E-state index is 6.17. The van der Waals surface area contributed by atoms with Crippen LogP contribution in [0.5, 0.6) is 0 Å². The van der Waals surface area contributed by atoms with Gasteiger partial charge in [0.1, 0.15) is 0 Å². The van der Waals surface area contributed by atoms with E-state index in [4.69, 9.17) is 10.5 Å². The molecular weight excluding hydrogens is 268 g/mol. The van der Waals surface area contributed by atoms with Gasteiger partial charge in [0.25, 0.3) is 0 Å². The van der Waals surface area contributed by atoms with Crippen molar-refractivity contribution in [2.24, 2.45) is 0 Å². The number of nitrogens with two attached hydrogens (primary N) is 1. The maximum Gasteiger partial charge on any atom is 0.0799 e. The zero-order chi connectivity index (χ0) is 14.0. The fraction of sp³-hybridized carbons (Fsp3) is 0.625. The number of rotatable bonds is 3. The van der Waals surface area contributed by atoms with E-state index in [1.807, 2.05) is 23.9 Å². The van der Waals surface area contributed by atoms with Crippen LogP contribution in [-0.4, -0.2) is 36.3 Å². The van der Waals surface area contributed by atoms with Gasteiger partial charge < -0.3 is 15.4 Å². The zero-order valence-electron chi connectivity index (χ0n) is 12.2. The number of ether oxygens (including phenoxy) is 1. The Morgan fingerprint density at radius 3 is 3.00 bits per heavy atom. The molecule has 2 fully saturated rings. The lowest BCUT2D eigenvalue weighted by Gasteiger charge is -2.43. The van der Waals surface area contributed by atoms with Gasteiger partial charge in [-0.05, 0) is 44.1 Å². The van der Waals surface area contributed by atoms with Gasteiger partial charge >= 0.3 is 0 Å². The average molecular weight is 292 g/mol. The number of thioether (sulfide) groups is 1. The molecule has 4 heteroatoms. The second-order valence-electron chi connectivity index (χ2n) is 5.83. The fourth-order valence-electron chi connectivity index (χ4n) is 3.51. The van der Waals surface area contributed by atoms with Crippen molar-refractivity contribution < 1.29 is 4.74 Å². The molecule has 2 N–H and O–H groups in total. The predicted molar refractivity (Wildman–Crippen MR) is 87.5 cm³/mol. The molecule has 3 nitrogen and oxygen atoms in total. The first kappa shape index (κ1) is 14.1. The van der Waals surface area contributed by atoms with Gasteiger partial charge in [-0.15, -0.1) is 0 Å². The molecule has 2 heterocycles. The Hall–Kier alpha value is -0.870. The third-order valence-electron chi connectivity index (χ3n) is 4.56. The van der Waals surface area contributed by atoms with Gasteiger partial charge in [0, 0.05) is 24.9 Å². The lowest BCUT2D eigenvalue weighted by molar-refractivity contribution is -0.0662. The SMILES string of the molecule is CCN(c1ccccc1N)C1CCOC2(CCSC2)C1. The van der Waals surface area contributed by atoms with Crippen LogP contribution in [0.3, 0.4) is 0 Å². The van der Waals surface area contributed by atoms with Crippen molar-refractivity contribution in [1.82, 2.24) is 0 Å². The van der Waals surface area contributed by atoms with Crippen LogP contribution in [0.4, 0.5) is 11.4 Å². The number of nitrogen functional groups attached to an aromatic ring is 1. The van der Waals surface area contributed by atoms with Crippen LogP contribution in [-0.2, 0) is 4.74 Å². The van der Waals surface area contributed by atoms with Gasteiger partial charge in [-0.1, -0.05) is 12.1 Å². The van der Waals surface area contributed by atoms with Gasteiger partial charge in [0.2, 0.25) is 0 Å². The average Bonchev–Trinajstić information content (AvgIpc) is 2.90. The summed E-state index contributed by atoms with van der Waals surface area (Å²) in [6.45, 7) is 4.11. The first-order chi connectivity index (χ1) is 9.74. The summed E-state index contributed by atoms with van der Waals surface area (Å²) in [5.74, 6) is 2.40. The third-order valence-corrected chi connectivity index (χ3v) is 5.78. The van der Waals surface area contributed by atoms with Crippen molar-refractivity contribution in [3.8, 4) is 0 Å². The van der Waals surface area contributed by atoms with Crippen LogP contribution in [0, 0.1) is 0 Å². The van der Waals surface area contributed by atoms with E-state index in [1.54, 1.807) is 0 Å². The highest BCUT2D eigenvalue weighted by molar-refractivity contribution is 7.99. The third kappa shape index (κ3) is 2.63. The minimum atomic E-state index is 0.130. The van der Waals surface area contributed by atoms with E-state index in [0.717, 1.165) is 37.4 Å². The molecular formula is C16H24N2OS.